The van der Waals surface area contributed by atoms with Crippen LogP contribution in [0.15, 0.2) is 52.2 Å². The van der Waals surface area contributed by atoms with Gasteiger partial charge in [0, 0.05) is 11.4 Å². The lowest BCUT2D eigenvalue weighted by Gasteiger charge is -2.31. The fraction of sp³-hybridized carbons (Fsp3) is 0.400. The van der Waals surface area contributed by atoms with Crippen LogP contribution in [-0.2, 0) is 9.53 Å². The highest BCUT2D eigenvalue weighted by Gasteiger charge is 2.40. The molecular weight excluding hydrogens is 366 g/mol. The number of ether oxygens (including phenoxy) is 1. The maximum atomic E-state index is 13.3. The molecular formula is C20H23ClN3O3+. The summed E-state index contributed by atoms with van der Waals surface area (Å²) in [7, 11) is 0. The van der Waals surface area contributed by atoms with E-state index < -0.39 is 0 Å². The van der Waals surface area contributed by atoms with E-state index in [2.05, 4.69) is 0 Å². The van der Waals surface area contributed by atoms with E-state index in [0.717, 1.165) is 30.1 Å². The molecule has 142 valence electrons. The van der Waals surface area contributed by atoms with E-state index in [0.29, 0.717) is 24.7 Å². The Kier molecular flexibility index (Phi) is 5.29. The minimum atomic E-state index is -0.221. The minimum absolute atomic E-state index is 0.0114. The number of amides is 1. The van der Waals surface area contributed by atoms with Crippen LogP contribution in [0.4, 0.5) is 0 Å². The summed E-state index contributed by atoms with van der Waals surface area (Å²) in [5.74, 6) is 0.762. The summed E-state index contributed by atoms with van der Waals surface area (Å²) in [5.41, 5.74) is 1.84. The number of hydrazone groups is 1. The van der Waals surface area contributed by atoms with E-state index in [1.165, 1.54) is 4.90 Å². The number of hydrogen-bond acceptors (Lipinski definition) is 4. The van der Waals surface area contributed by atoms with Crippen molar-refractivity contribution in [3.05, 3.63) is 59.0 Å². The number of benzene rings is 1. The molecule has 1 saturated heterocycles. The minimum Gasteiger partial charge on any atom is -0.467 e. The van der Waals surface area contributed by atoms with Gasteiger partial charge in [0.05, 0.1) is 25.2 Å². The summed E-state index contributed by atoms with van der Waals surface area (Å²) in [6.07, 6.45) is 2.25. The predicted molar refractivity (Wildman–Crippen MR) is 102 cm³/mol. The summed E-state index contributed by atoms with van der Waals surface area (Å²) in [6, 6.07) is 10.9. The number of carbonyl (C=O) groups is 1. The van der Waals surface area contributed by atoms with Crippen molar-refractivity contribution in [2.45, 2.75) is 25.4 Å². The number of quaternary nitrogens is 1. The molecule has 2 aliphatic rings. The van der Waals surface area contributed by atoms with E-state index in [1.807, 2.05) is 43.3 Å². The number of carbonyl (C=O) groups excluding carboxylic acids is 1. The van der Waals surface area contributed by atoms with Crippen molar-refractivity contribution < 1.29 is 18.8 Å². The van der Waals surface area contributed by atoms with Gasteiger partial charge in [-0.15, -0.1) is 0 Å². The lowest BCUT2D eigenvalue weighted by atomic mass is 10.0. The van der Waals surface area contributed by atoms with E-state index in [-0.39, 0.29) is 18.0 Å². The predicted octanol–water partition coefficient (Wildman–Crippen LogP) is 1.91. The summed E-state index contributed by atoms with van der Waals surface area (Å²) < 4.78 is 11.0. The molecule has 0 spiro atoms. The van der Waals surface area contributed by atoms with Crippen molar-refractivity contribution in [3.63, 3.8) is 0 Å². The molecule has 1 aromatic carbocycles. The lowest BCUT2D eigenvalue weighted by Crippen LogP contribution is -3.18. The normalized spacial score (nSPS) is 21.9. The Morgan fingerprint density at radius 3 is 2.67 bits per heavy atom. The first-order valence-electron chi connectivity index (χ1n) is 9.25. The zero-order chi connectivity index (χ0) is 18.8. The number of halogens is 1. The van der Waals surface area contributed by atoms with Gasteiger partial charge in [-0.05, 0) is 36.8 Å². The molecule has 4 rings (SSSR count). The highest BCUT2D eigenvalue weighted by atomic mass is 35.5. The van der Waals surface area contributed by atoms with Gasteiger partial charge in [-0.3, -0.25) is 4.79 Å². The van der Waals surface area contributed by atoms with Crippen LogP contribution >= 0.6 is 11.6 Å². The Morgan fingerprint density at radius 2 is 2.00 bits per heavy atom. The molecule has 1 N–H and O–H groups in total. The summed E-state index contributed by atoms with van der Waals surface area (Å²) in [4.78, 5) is 14.5. The number of hydrogen-bond donors (Lipinski definition) is 1. The van der Waals surface area contributed by atoms with Gasteiger partial charge in [-0.2, -0.15) is 5.10 Å². The molecule has 1 aromatic heterocycles. The molecule has 27 heavy (non-hydrogen) atoms. The van der Waals surface area contributed by atoms with Crippen molar-refractivity contribution in [2.75, 3.05) is 26.3 Å². The Morgan fingerprint density at radius 1 is 1.26 bits per heavy atom. The van der Waals surface area contributed by atoms with Gasteiger partial charge in [-0.25, -0.2) is 5.01 Å². The summed E-state index contributed by atoms with van der Waals surface area (Å²) >= 11 is 6.00. The van der Waals surface area contributed by atoms with Crippen molar-refractivity contribution >= 4 is 23.2 Å². The van der Waals surface area contributed by atoms with Crippen LogP contribution in [0.1, 0.15) is 30.7 Å². The second-order valence-electron chi connectivity index (χ2n) is 6.96. The van der Waals surface area contributed by atoms with Crippen molar-refractivity contribution in [3.8, 4) is 0 Å². The Balaban J connectivity index is 1.61. The largest absolute Gasteiger partial charge is 0.467 e. The average molecular weight is 389 g/mol. The van der Waals surface area contributed by atoms with Crippen LogP contribution in [0.3, 0.4) is 0 Å². The van der Waals surface area contributed by atoms with Gasteiger partial charge >= 0.3 is 5.91 Å². The number of rotatable bonds is 4. The molecule has 1 fully saturated rings. The smallest absolute Gasteiger partial charge is 0.301 e. The molecule has 0 saturated carbocycles. The molecule has 1 amide bonds. The zero-order valence-electron chi connectivity index (χ0n) is 15.2. The van der Waals surface area contributed by atoms with E-state index in [9.17, 15) is 4.79 Å². The molecule has 2 atom stereocenters. The lowest BCUT2D eigenvalue weighted by molar-refractivity contribution is -0.922. The Hall–Kier alpha value is -2.15. The number of furan rings is 1. The Labute approximate surface area is 163 Å². The van der Waals surface area contributed by atoms with E-state index in [1.54, 1.807) is 11.3 Å². The monoisotopic (exact) mass is 388 g/mol. The zero-order valence-corrected chi connectivity index (χ0v) is 16.0. The molecule has 2 aromatic rings. The van der Waals surface area contributed by atoms with Crippen molar-refractivity contribution in [2.24, 2.45) is 5.10 Å². The SMILES string of the molecule is C[C@H](C(=O)N1N=C(c2ccc(Cl)cc2)C[C@@H]1c1ccco1)[NH+]1CCOCC1. The standard InChI is InChI=1S/C20H22ClN3O3/c1-14(23-8-11-26-12-9-23)20(25)24-18(19-3-2-10-27-19)13-17(22-24)15-4-6-16(21)7-5-15/h2-7,10,14,18H,8-9,11-13H2,1H3/p+1/t14-,18-/m1/s1. The quantitative estimate of drug-likeness (QED) is 0.870. The first kappa shape index (κ1) is 18.2. The molecule has 0 radical (unpaired) electrons. The molecule has 2 aliphatic heterocycles. The summed E-state index contributed by atoms with van der Waals surface area (Å²) in [5, 5.41) is 6.98. The van der Waals surface area contributed by atoms with Crippen LogP contribution < -0.4 is 4.90 Å². The second-order valence-corrected chi connectivity index (χ2v) is 7.40. The maximum Gasteiger partial charge on any atom is 0.301 e. The van der Waals surface area contributed by atoms with Gasteiger partial charge in [0.15, 0.2) is 6.04 Å². The molecule has 0 bridgehead atoms. The van der Waals surface area contributed by atoms with E-state index >= 15 is 0 Å². The molecule has 3 heterocycles. The molecule has 0 aliphatic carbocycles. The van der Waals surface area contributed by atoms with E-state index in [4.69, 9.17) is 25.9 Å². The Bertz CT molecular complexity index is 814. The van der Waals surface area contributed by atoms with Gasteiger partial charge in [0.2, 0.25) is 0 Å². The van der Waals surface area contributed by atoms with Gasteiger partial charge in [0.25, 0.3) is 0 Å². The number of nitrogens with one attached hydrogen (secondary N) is 1. The van der Waals surface area contributed by atoms with Crippen LogP contribution in [0.25, 0.3) is 0 Å². The van der Waals surface area contributed by atoms with Crippen molar-refractivity contribution in [1.82, 2.24) is 5.01 Å². The number of morpholine rings is 1. The second kappa shape index (κ2) is 7.84. The van der Waals surface area contributed by atoms with Crippen LogP contribution in [-0.4, -0.2) is 49.0 Å². The third-order valence-corrected chi connectivity index (χ3v) is 5.56. The van der Waals surface area contributed by atoms with Gasteiger partial charge < -0.3 is 14.1 Å². The fourth-order valence-corrected chi connectivity index (χ4v) is 3.80. The van der Waals surface area contributed by atoms with Crippen LogP contribution in [0.5, 0.6) is 0 Å². The van der Waals surface area contributed by atoms with Crippen molar-refractivity contribution in [1.29, 1.82) is 0 Å². The molecule has 7 heteroatoms. The number of nitrogens with zero attached hydrogens (tertiary/aromatic N) is 2. The highest BCUT2D eigenvalue weighted by Crippen LogP contribution is 2.33. The topological polar surface area (TPSA) is 59.5 Å². The van der Waals surface area contributed by atoms with Crippen LogP contribution in [0, 0.1) is 0 Å². The molecule has 6 nitrogen and oxygen atoms in total. The average Bonchev–Trinajstić information content (AvgIpc) is 3.38. The first-order valence-corrected chi connectivity index (χ1v) is 9.63. The maximum absolute atomic E-state index is 13.3. The van der Waals surface area contributed by atoms with Crippen LogP contribution in [0.2, 0.25) is 5.02 Å². The van der Waals surface area contributed by atoms with Gasteiger partial charge in [0.1, 0.15) is 24.9 Å². The third-order valence-electron chi connectivity index (χ3n) is 5.30. The molecule has 0 unspecified atom stereocenters. The fourth-order valence-electron chi connectivity index (χ4n) is 3.67. The highest BCUT2D eigenvalue weighted by molar-refractivity contribution is 6.30. The summed E-state index contributed by atoms with van der Waals surface area (Å²) in [6.45, 7) is 5.01. The third kappa shape index (κ3) is 3.78. The van der Waals surface area contributed by atoms with Gasteiger partial charge in [-0.1, -0.05) is 23.7 Å². The first-order chi connectivity index (χ1) is 13.1.